The summed E-state index contributed by atoms with van der Waals surface area (Å²) in [6.45, 7) is 4.40. The number of carbonyl (C=O) groups excluding carboxylic acids is 2. The van der Waals surface area contributed by atoms with Crippen LogP contribution in [-0.4, -0.2) is 48.4 Å². The van der Waals surface area contributed by atoms with Crippen LogP contribution in [0.5, 0.6) is 5.75 Å². The number of amides is 2. The first-order valence-corrected chi connectivity index (χ1v) is 11.7. The summed E-state index contributed by atoms with van der Waals surface area (Å²) in [6, 6.07) is 7.52. The Balaban J connectivity index is 1.69. The van der Waals surface area contributed by atoms with Gasteiger partial charge in [0.05, 0.1) is 12.7 Å². The van der Waals surface area contributed by atoms with Crippen molar-refractivity contribution in [1.29, 1.82) is 0 Å². The predicted molar refractivity (Wildman–Crippen MR) is 120 cm³/mol. The molecule has 0 atom stereocenters. The molecule has 0 N–H and O–H groups in total. The minimum atomic E-state index is -0.172. The lowest BCUT2D eigenvalue weighted by Gasteiger charge is -2.20. The number of unbranched alkanes of at least 4 members (excludes halogenated alkanes) is 7. The van der Waals surface area contributed by atoms with Crippen LogP contribution in [0, 0.1) is 0 Å². The first kappa shape index (κ1) is 22.4. The van der Waals surface area contributed by atoms with E-state index in [1.54, 1.807) is 7.11 Å². The smallest absolute Gasteiger partial charge is 0.277 e. The van der Waals surface area contributed by atoms with Crippen molar-refractivity contribution >= 4 is 17.4 Å². The number of ether oxygens (including phenoxy) is 1. The summed E-state index contributed by atoms with van der Waals surface area (Å²) in [5.41, 5.74) is 1.80. The van der Waals surface area contributed by atoms with Gasteiger partial charge in [-0.15, -0.1) is 0 Å². The molecule has 0 aromatic heterocycles. The Morgan fingerprint density at radius 2 is 1.50 bits per heavy atom. The highest BCUT2D eigenvalue weighted by molar-refractivity contribution is 6.36. The quantitative estimate of drug-likeness (QED) is 0.358. The van der Waals surface area contributed by atoms with E-state index in [0.717, 1.165) is 44.3 Å². The van der Waals surface area contributed by atoms with Gasteiger partial charge in [0.25, 0.3) is 11.8 Å². The van der Waals surface area contributed by atoms with Crippen molar-refractivity contribution in [3.63, 3.8) is 0 Å². The maximum atomic E-state index is 13.4. The lowest BCUT2D eigenvalue weighted by Crippen LogP contribution is -2.35. The summed E-state index contributed by atoms with van der Waals surface area (Å²) in [6.07, 6.45) is 11.6. The Kier molecular flexibility index (Phi) is 8.35. The normalized spacial score (nSPS) is 16.9. The molecule has 2 heterocycles. The van der Waals surface area contributed by atoms with E-state index in [1.165, 1.54) is 43.4 Å². The van der Waals surface area contributed by atoms with Crippen LogP contribution in [0.15, 0.2) is 30.0 Å². The van der Waals surface area contributed by atoms with Gasteiger partial charge in [-0.2, -0.15) is 0 Å². The molecule has 164 valence electrons. The van der Waals surface area contributed by atoms with Crippen molar-refractivity contribution in [2.45, 2.75) is 71.1 Å². The predicted octanol–water partition coefficient (Wildman–Crippen LogP) is 5.01. The molecule has 5 heteroatoms. The molecule has 2 amide bonds. The number of methoxy groups -OCH3 is 1. The molecule has 2 aliphatic heterocycles. The minimum Gasteiger partial charge on any atom is -0.496 e. The molecule has 2 aliphatic rings. The van der Waals surface area contributed by atoms with E-state index in [4.69, 9.17) is 4.74 Å². The minimum absolute atomic E-state index is 0.134. The fourth-order valence-corrected chi connectivity index (χ4v) is 4.50. The van der Waals surface area contributed by atoms with Crippen LogP contribution in [-0.2, 0) is 9.59 Å². The zero-order chi connectivity index (χ0) is 21.3. The number of nitrogens with zero attached hydrogens (tertiary/aromatic N) is 2. The molecular formula is C25H36N2O3. The van der Waals surface area contributed by atoms with Gasteiger partial charge in [-0.3, -0.25) is 14.5 Å². The molecule has 5 nitrogen and oxygen atoms in total. The highest BCUT2D eigenvalue weighted by Crippen LogP contribution is 2.37. The van der Waals surface area contributed by atoms with E-state index in [9.17, 15) is 9.59 Å². The first-order chi connectivity index (χ1) is 14.7. The summed E-state index contributed by atoms with van der Waals surface area (Å²) in [5.74, 6) is 0.333. The number of benzene rings is 1. The molecule has 0 bridgehead atoms. The third-order valence-electron chi connectivity index (χ3n) is 6.18. The summed E-state index contributed by atoms with van der Waals surface area (Å²) in [4.78, 5) is 30.2. The van der Waals surface area contributed by atoms with E-state index >= 15 is 0 Å². The molecule has 1 aromatic rings. The van der Waals surface area contributed by atoms with Gasteiger partial charge in [-0.1, -0.05) is 70.1 Å². The molecule has 1 aromatic carbocycles. The second-order valence-corrected chi connectivity index (χ2v) is 8.35. The fourth-order valence-electron chi connectivity index (χ4n) is 4.50. The van der Waals surface area contributed by atoms with Crippen molar-refractivity contribution in [2.24, 2.45) is 0 Å². The van der Waals surface area contributed by atoms with Crippen molar-refractivity contribution < 1.29 is 14.3 Å². The van der Waals surface area contributed by atoms with Gasteiger partial charge >= 0.3 is 0 Å². The molecule has 1 saturated heterocycles. The van der Waals surface area contributed by atoms with Gasteiger partial charge < -0.3 is 9.64 Å². The molecule has 30 heavy (non-hydrogen) atoms. The van der Waals surface area contributed by atoms with Crippen LogP contribution < -0.4 is 4.74 Å². The Labute approximate surface area is 181 Å². The molecule has 0 spiro atoms. The number of imide groups is 1. The second kappa shape index (κ2) is 11.2. The van der Waals surface area contributed by atoms with Gasteiger partial charge in [0.1, 0.15) is 11.4 Å². The van der Waals surface area contributed by atoms with Crippen LogP contribution in [0.1, 0.15) is 76.7 Å². The topological polar surface area (TPSA) is 49.9 Å². The number of para-hydroxylation sites is 1. The number of rotatable bonds is 12. The highest BCUT2D eigenvalue weighted by Gasteiger charge is 2.42. The Bertz CT molecular complexity index is 765. The van der Waals surface area contributed by atoms with Crippen LogP contribution in [0.3, 0.4) is 0 Å². The monoisotopic (exact) mass is 412 g/mol. The molecule has 0 unspecified atom stereocenters. The number of hydrogen-bond acceptors (Lipinski definition) is 4. The van der Waals surface area contributed by atoms with Gasteiger partial charge in [-0.25, -0.2) is 0 Å². The molecule has 0 aliphatic carbocycles. The summed E-state index contributed by atoms with van der Waals surface area (Å²) in [5, 5.41) is 0. The number of likely N-dealkylation sites (tertiary alicyclic amines) is 1. The Hall–Kier alpha value is -2.30. The highest BCUT2D eigenvalue weighted by atomic mass is 16.5. The Morgan fingerprint density at radius 1 is 0.867 bits per heavy atom. The lowest BCUT2D eigenvalue weighted by molar-refractivity contribution is -0.137. The summed E-state index contributed by atoms with van der Waals surface area (Å²) >= 11 is 0. The molecule has 0 radical (unpaired) electrons. The number of carbonyl (C=O) groups is 2. The van der Waals surface area contributed by atoms with E-state index < -0.39 is 0 Å². The summed E-state index contributed by atoms with van der Waals surface area (Å²) in [7, 11) is 1.61. The third-order valence-corrected chi connectivity index (χ3v) is 6.18. The molecule has 0 saturated carbocycles. The average Bonchev–Trinajstić information content (AvgIpc) is 3.37. The largest absolute Gasteiger partial charge is 0.496 e. The van der Waals surface area contributed by atoms with E-state index in [-0.39, 0.29) is 11.8 Å². The van der Waals surface area contributed by atoms with Gasteiger partial charge in [0, 0.05) is 25.2 Å². The van der Waals surface area contributed by atoms with E-state index in [0.29, 0.717) is 23.6 Å². The first-order valence-electron chi connectivity index (χ1n) is 11.7. The molecular weight excluding hydrogens is 376 g/mol. The standard InChI is InChI=1S/C25H36N2O3/c1-3-4-5-6-7-8-9-12-19-27-24(28)22(20-15-10-11-16-21(20)30-2)23(25(27)29)26-17-13-14-18-26/h10-11,15-16H,3-9,12-14,17-19H2,1-2H3. The zero-order valence-electron chi connectivity index (χ0n) is 18.6. The SMILES string of the molecule is CCCCCCCCCCN1C(=O)C(c2ccccc2OC)=C(N2CCCC2)C1=O. The third kappa shape index (κ3) is 5.05. The summed E-state index contributed by atoms with van der Waals surface area (Å²) < 4.78 is 5.51. The second-order valence-electron chi connectivity index (χ2n) is 8.35. The van der Waals surface area contributed by atoms with Crippen molar-refractivity contribution in [3.05, 3.63) is 35.5 Å². The van der Waals surface area contributed by atoms with Crippen molar-refractivity contribution in [1.82, 2.24) is 9.80 Å². The van der Waals surface area contributed by atoms with Crippen LogP contribution in [0.25, 0.3) is 5.57 Å². The maximum Gasteiger partial charge on any atom is 0.277 e. The van der Waals surface area contributed by atoms with Gasteiger partial charge in [-0.05, 0) is 25.3 Å². The van der Waals surface area contributed by atoms with Crippen LogP contribution in [0.2, 0.25) is 0 Å². The van der Waals surface area contributed by atoms with Gasteiger partial charge in [0.15, 0.2) is 0 Å². The van der Waals surface area contributed by atoms with Crippen molar-refractivity contribution in [3.8, 4) is 5.75 Å². The lowest BCUT2D eigenvalue weighted by atomic mass is 10.0. The Morgan fingerprint density at radius 3 is 2.17 bits per heavy atom. The maximum absolute atomic E-state index is 13.4. The fraction of sp³-hybridized carbons (Fsp3) is 0.600. The zero-order valence-corrected chi connectivity index (χ0v) is 18.6. The van der Waals surface area contributed by atoms with Gasteiger partial charge in [0.2, 0.25) is 0 Å². The molecule has 3 rings (SSSR count). The number of hydrogen-bond donors (Lipinski definition) is 0. The van der Waals surface area contributed by atoms with Crippen LogP contribution >= 0.6 is 0 Å². The average molecular weight is 413 g/mol. The van der Waals surface area contributed by atoms with Crippen LogP contribution in [0.4, 0.5) is 0 Å². The van der Waals surface area contributed by atoms with E-state index in [1.807, 2.05) is 24.3 Å². The van der Waals surface area contributed by atoms with E-state index in [2.05, 4.69) is 11.8 Å². The molecule has 1 fully saturated rings. The van der Waals surface area contributed by atoms with Crippen molar-refractivity contribution in [2.75, 3.05) is 26.7 Å².